The molecule has 29 heavy (non-hydrogen) atoms. The maximum atomic E-state index is 12.2. The Hall–Kier alpha value is -3.10. The first kappa shape index (κ1) is 22.2. The van der Waals surface area contributed by atoms with E-state index >= 15 is 0 Å². The van der Waals surface area contributed by atoms with Crippen LogP contribution in [-0.2, 0) is 23.9 Å². The zero-order valence-corrected chi connectivity index (χ0v) is 16.6. The van der Waals surface area contributed by atoms with Crippen LogP contribution >= 0.6 is 0 Å². The molecule has 1 aliphatic heterocycles. The fraction of sp³-hybridized carbons (Fsp3) is 0.500. The number of carbonyl (C=O) groups is 4. The van der Waals surface area contributed by atoms with Gasteiger partial charge in [-0.2, -0.15) is 0 Å². The molecule has 1 N–H and O–H groups in total. The molecule has 9 heteroatoms. The van der Waals surface area contributed by atoms with Gasteiger partial charge in [-0.15, -0.1) is 0 Å². The van der Waals surface area contributed by atoms with E-state index in [1.165, 1.54) is 7.11 Å². The summed E-state index contributed by atoms with van der Waals surface area (Å²) in [6.07, 6.45) is 1.05. The minimum absolute atomic E-state index is 0.201. The number of rotatable bonds is 8. The molecule has 1 fully saturated rings. The Morgan fingerprint density at radius 2 is 1.86 bits per heavy atom. The Labute approximate surface area is 169 Å². The molecular weight excluding hydrogens is 380 g/mol. The topological polar surface area (TPSA) is 111 Å². The van der Waals surface area contributed by atoms with Crippen molar-refractivity contribution in [2.24, 2.45) is 5.92 Å². The number of carbonyl (C=O) groups excluding carboxylic acids is 4. The fourth-order valence-corrected chi connectivity index (χ4v) is 2.93. The highest BCUT2D eigenvalue weighted by Gasteiger charge is 2.28. The summed E-state index contributed by atoms with van der Waals surface area (Å²) in [6, 6.07) is 6.50. The number of likely N-dealkylation sites (tertiary alicyclic amines) is 1. The molecular formula is C20H26N2O7. The highest BCUT2D eigenvalue weighted by Crippen LogP contribution is 2.18. The van der Waals surface area contributed by atoms with Crippen LogP contribution in [0.15, 0.2) is 24.3 Å². The van der Waals surface area contributed by atoms with E-state index in [9.17, 15) is 19.2 Å². The van der Waals surface area contributed by atoms with Gasteiger partial charge >= 0.3 is 11.9 Å². The fourth-order valence-electron chi connectivity index (χ4n) is 2.93. The predicted molar refractivity (Wildman–Crippen MR) is 102 cm³/mol. The molecule has 0 atom stereocenters. The summed E-state index contributed by atoms with van der Waals surface area (Å²) in [5, 5.41) is 2.44. The third-order valence-electron chi connectivity index (χ3n) is 4.55. The van der Waals surface area contributed by atoms with Gasteiger partial charge in [-0.05, 0) is 38.0 Å². The predicted octanol–water partition coefficient (Wildman–Crippen LogP) is 0.770. The van der Waals surface area contributed by atoms with Crippen LogP contribution < -0.4 is 10.1 Å². The average Bonchev–Trinajstić information content (AvgIpc) is 2.76. The Morgan fingerprint density at radius 3 is 2.52 bits per heavy atom. The maximum Gasteiger partial charge on any atom is 0.325 e. The van der Waals surface area contributed by atoms with Crippen LogP contribution in [0.4, 0.5) is 0 Å². The number of amides is 2. The van der Waals surface area contributed by atoms with Crippen molar-refractivity contribution in [1.29, 1.82) is 0 Å². The summed E-state index contributed by atoms with van der Waals surface area (Å²) in [7, 11) is 1.49. The molecule has 0 unspecified atom stereocenters. The Bertz CT molecular complexity index is 742. The number of esters is 2. The zero-order valence-electron chi connectivity index (χ0n) is 16.6. The second-order valence-corrected chi connectivity index (χ2v) is 6.48. The number of ether oxygens (including phenoxy) is 3. The normalized spacial score (nSPS) is 14.1. The van der Waals surface area contributed by atoms with Gasteiger partial charge in [-0.1, -0.05) is 6.07 Å². The van der Waals surface area contributed by atoms with Gasteiger partial charge in [0.1, 0.15) is 12.3 Å². The van der Waals surface area contributed by atoms with Crippen molar-refractivity contribution in [2.75, 3.05) is 40.0 Å². The lowest BCUT2D eigenvalue weighted by Gasteiger charge is -2.30. The first-order valence-corrected chi connectivity index (χ1v) is 9.46. The zero-order chi connectivity index (χ0) is 21.2. The molecule has 0 bridgehead atoms. The molecule has 0 spiro atoms. The third kappa shape index (κ3) is 6.78. The molecule has 2 amide bonds. The van der Waals surface area contributed by atoms with Gasteiger partial charge in [-0.3, -0.25) is 19.2 Å². The largest absolute Gasteiger partial charge is 0.497 e. The van der Waals surface area contributed by atoms with Crippen molar-refractivity contribution in [3.05, 3.63) is 29.8 Å². The van der Waals surface area contributed by atoms with Crippen molar-refractivity contribution >= 4 is 23.8 Å². The van der Waals surface area contributed by atoms with E-state index in [2.05, 4.69) is 5.32 Å². The Kier molecular flexibility index (Phi) is 8.45. The monoisotopic (exact) mass is 406 g/mol. The van der Waals surface area contributed by atoms with E-state index in [0.717, 1.165) is 0 Å². The van der Waals surface area contributed by atoms with Crippen molar-refractivity contribution in [2.45, 2.75) is 19.8 Å². The summed E-state index contributed by atoms with van der Waals surface area (Å²) in [5.74, 6) is -1.41. The molecule has 158 valence electrons. The Morgan fingerprint density at radius 1 is 1.14 bits per heavy atom. The lowest BCUT2D eigenvalue weighted by Crippen LogP contribution is -2.43. The molecule has 9 nitrogen and oxygen atoms in total. The van der Waals surface area contributed by atoms with E-state index in [4.69, 9.17) is 14.2 Å². The summed E-state index contributed by atoms with van der Waals surface area (Å²) < 4.78 is 15.0. The molecule has 0 saturated carbocycles. The molecule has 1 heterocycles. The first-order chi connectivity index (χ1) is 13.9. The van der Waals surface area contributed by atoms with E-state index in [0.29, 0.717) is 43.9 Å². The number of benzene rings is 1. The van der Waals surface area contributed by atoms with E-state index in [-0.39, 0.29) is 24.3 Å². The molecule has 0 radical (unpaired) electrons. The van der Waals surface area contributed by atoms with E-state index < -0.39 is 18.5 Å². The van der Waals surface area contributed by atoms with Crippen LogP contribution in [0.5, 0.6) is 5.75 Å². The summed E-state index contributed by atoms with van der Waals surface area (Å²) in [4.78, 5) is 49.3. The van der Waals surface area contributed by atoms with Gasteiger partial charge in [0.15, 0.2) is 6.61 Å². The second-order valence-electron chi connectivity index (χ2n) is 6.48. The standard InChI is InChI=1S/C20H26N2O7/c1-3-28-20(26)14-7-9-22(10-8-14)17(23)13-29-18(24)12-21-19(25)15-5-4-6-16(11-15)27-2/h4-6,11,14H,3,7-10,12-13H2,1-2H3,(H,21,25). The molecule has 0 aromatic heterocycles. The van der Waals surface area contributed by atoms with Crippen LogP contribution in [0.1, 0.15) is 30.1 Å². The van der Waals surface area contributed by atoms with Gasteiger partial charge in [0.05, 0.1) is 19.6 Å². The van der Waals surface area contributed by atoms with Crippen LogP contribution in [-0.4, -0.2) is 68.6 Å². The summed E-state index contributed by atoms with van der Waals surface area (Å²) in [5.41, 5.74) is 0.345. The summed E-state index contributed by atoms with van der Waals surface area (Å²) >= 11 is 0. The number of piperidine rings is 1. The van der Waals surface area contributed by atoms with Crippen LogP contribution in [0.3, 0.4) is 0 Å². The van der Waals surface area contributed by atoms with Gasteiger partial charge < -0.3 is 24.4 Å². The first-order valence-electron chi connectivity index (χ1n) is 9.46. The number of nitrogens with one attached hydrogen (secondary N) is 1. The van der Waals surface area contributed by atoms with Crippen molar-refractivity contribution in [1.82, 2.24) is 10.2 Å². The molecule has 0 aliphatic carbocycles. The average molecular weight is 406 g/mol. The summed E-state index contributed by atoms with van der Waals surface area (Å²) in [6.45, 7) is 2.15. The quantitative estimate of drug-likeness (QED) is 0.635. The minimum atomic E-state index is -0.712. The highest BCUT2D eigenvalue weighted by atomic mass is 16.5. The maximum absolute atomic E-state index is 12.2. The third-order valence-corrected chi connectivity index (χ3v) is 4.55. The number of hydrogen-bond donors (Lipinski definition) is 1. The van der Waals surface area contributed by atoms with Crippen LogP contribution in [0, 0.1) is 5.92 Å². The number of methoxy groups -OCH3 is 1. The van der Waals surface area contributed by atoms with E-state index in [1.54, 1.807) is 36.1 Å². The molecule has 1 saturated heterocycles. The van der Waals surface area contributed by atoms with E-state index in [1.807, 2.05) is 0 Å². The highest BCUT2D eigenvalue weighted by molar-refractivity contribution is 5.96. The molecule has 2 rings (SSSR count). The smallest absolute Gasteiger partial charge is 0.325 e. The van der Waals surface area contributed by atoms with Crippen molar-refractivity contribution < 1.29 is 33.4 Å². The Balaban J connectivity index is 1.69. The van der Waals surface area contributed by atoms with Gasteiger partial charge in [-0.25, -0.2) is 0 Å². The molecule has 1 aromatic rings. The molecule has 1 aromatic carbocycles. The van der Waals surface area contributed by atoms with Gasteiger partial charge in [0.25, 0.3) is 11.8 Å². The SMILES string of the molecule is CCOC(=O)C1CCN(C(=O)COC(=O)CNC(=O)c2cccc(OC)c2)CC1. The van der Waals surface area contributed by atoms with Crippen LogP contribution in [0.2, 0.25) is 0 Å². The van der Waals surface area contributed by atoms with Crippen molar-refractivity contribution in [3.63, 3.8) is 0 Å². The van der Waals surface area contributed by atoms with Gasteiger partial charge in [0, 0.05) is 18.7 Å². The second kappa shape index (κ2) is 11.0. The number of hydrogen-bond acceptors (Lipinski definition) is 7. The molecule has 1 aliphatic rings. The van der Waals surface area contributed by atoms with Crippen LogP contribution in [0.25, 0.3) is 0 Å². The minimum Gasteiger partial charge on any atom is -0.497 e. The lowest BCUT2D eigenvalue weighted by atomic mass is 9.97. The lowest BCUT2D eigenvalue weighted by molar-refractivity contribution is -0.154. The van der Waals surface area contributed by atoms with Crippen molar-refractivity contribution in [3.8, 4) is 5.75 Å². The number of nitrogens with zero attached hydrogens (tertiary/aromatic N) is 1. The van der Waals surface area contributed by atoms with Gasteiger partial charge in [0.2, 0.25) is 0 Å².